The molecule has 1 heterocycles. The van der Waals surface area contributed by atoms with Crippen LogP contribution in [-0.4, -0.2) is 15.7 Å². The van der Waals surface area contributed by atoms with Crippen LogP contribution in [0.2, 0.25) is 0 Å². The number of benzene rings is 1. The van der Waals surface area contributed by atoms with E-state index in [1.807, 2.05) is 0 Å². The standard InChI is InChI=1S/C12H12FN3O/c1-8-5-9(13)3-4-11(8)12(17)15-10-6-14-16(2)7-10/h3-7H,1-2H3,(H,15,17). The van der Waals surface area contributed by atoms with Crippen LogP contribution in [0.25, 0.3) is 0 Å². The van der Waals surface area contributed by atoms with Crippen molar-refractivity contribution in [2.45, 2.75) is 6.92 Å². The topological polar surface area (TPSA) is 46.9 Å². The lowest BCUT2D eigenvalue weighted by atomic mass is 10.1. The zero-order valence-corrected chi connectivity index (χ0v) is 9.57. The van der Waals surface area contributed by atoms with Gasteiger partial charge in [-0.25, -0.2) is 4.39 Å². The number of carbonyl (C=O) groups excluding carboxylic acids is 1. The maximum atomic E-state index is 12.9. The van der Waals surface area contributed by atoms with Crippen LogP contribution in [0.15, 0.2) is 30.6 Å². The highest BCUT2D eigenvalue weighted by Gasteiger charge is 2.10. The minimum atomic E-state index is -0.347. The summed E-state index contributed by atoms with van der Waals surface area (Å²) < 4.78 is 14.5. The second kappa shape index (κ2) is 4.37. The summed E-state index contributed by atoms with van der Waals surface area (Å²) in [5.41, 5.74) is 1.67. The highest BCUT2D eigenvalue weighted by molar-refractivity contribution is 6.05. The van der Waals surface area contributed by atoms with Crippen LogP contribution in [0, 0.1) is 12.7 Å². The number of hydrogen-bond donors (Lipinski definition) is 1. The molecule has 0 unspecified atom stereocenters. The summed E-state index contributed by atoms with van der Waals surface area (Å²) in [6.07, 6.45) is 3.24. The smallest absolute Gasteiger partial charge is 0.256 e. The van der Waals surface area contributed by atoms with E-state index >= 15 is 0 Å². The maximum Gasteiger partial charge on any atom is 0.256 e. The molecule has 5 heteroatoms. The Balaban J connectivity index is 2.20. The van der Waals surface area contributed by atoms with E-state index < -0.39 is 0 Å². The molecule has 1 aromatic carbocycles. The van der Waals surface area contributed by atoms with Gasteiger partial charge in [0, 0.05) is 18.8 Å². The summed E-state index contributed by atoms with van der Waals surface area (Å²) in [5.74, 6) is -0.615. The minimum Gasteiger partial charge on any atom is -0.319 e. The molecular weight excluding hydrogens is 221 g/mol. The monoisotopic (exact) mass is 233 g/mol. The van der Waals surface area contributed by atoms with Crippen molar-refractivity contribution in [2.75, 3.05) is 5.32 Å². The third kappa shape index (κ3) is 2.50. The van der Waals surface area contributed by atoms with Crippen molar-refractivity contribution in [1.82, 2.24) is 9.78 Å². The van der Waals surface area contributed by atoms with Gasteiger partial charge in [-0.2, -0.15) is 5.10 Å². The third-order valence-electron chi connectivity index (χ3n) is 2.40. The number of anilines is 1. The number of aromatic nitrogens is 2. The lowest BCUT2D eigenvalue weighted by molar-refractivity contribution is 0.102. The van der Waals surface area contributed by atoms with Gasteiger partial charge in [0.2, 0.25) is 0 Å². The summed E-state index contributed by atoms with van der Waals surface area (Å²) in [5, 5.41) is 6.64. The molecule has 1 aromatic heterocycles. The largest absolute Gasteiger partial charge is 0.319 e. The quantitative estimate of drug-likeness (QED) is 0.863. The number of nitrogens with one attached hydrogen (secondary N) is 1. The number of rotatable bonds is 2. The minimum absolute atomic E-state index is 0.268. The Hall–Kier alpha value is -2.17. The molecule has 1 amide bonds. The van der Waals surface area contributed by atoms with Crippen LogP contribution in [0.5, 0.6) is 0 Å². The third-order valence-corrected chi connectivity index (χ3v) is 2.40. The van der Waals surface area contributed by atoms with Crippen LogP contribution in [0.1, 0.15) is 15.9 Å². The molecule has 0 fully saturated rings. The van der Waals surface area contributed by atoms with E-state index in [9.17, 15) is 9.18 Å². The molecule has 2 rings (SSSR count). The van der Waals surface area contributed by atoms with E-state index in [0.717, 1.165) is 0 Å². The van der Waals surface area contributed by atoms with Crippen LogP contribution in [-0.2, 0) is 7.05 Å². The zero-order chi connectivity index (χ0) is 12.4. The first kappa shape index (κ1) is 11.3. The number of hydrogen-bond acceptors (Lipinski definition) is 2. The number of carbonyl (C=O) groups is 1. The van der Waals surface area contributed by atoms with Gasteiger partial charge < -0.3 is 5.32 Å². The van der Waals surface area contributed by atoms with E-state index in [1.54, 1.807) is 31.0 Å². The first-order valence-electron chi connectivity index (χ1n) is 5.12. The normalized spacial score (nSPS) is 10.3. The molecule has 2 aromatic rings. The van der Waals surface area contributed by atoms with Crippen molar-refractivity contribution >= 4 is 11.6 Å². The fourth-order valence-corrected chi connectivity index (χ4v) is 1.57. The van der Waals surface area contributed by atoms with E-state index in [1.165, 1.54) is 18.2 Å². The Kier molecular flexibility index (Phi) is 2.91. The van der Waals surface area contributed by atoms with Crippen LogP contribution < -0.4 is 5.32 Å². The van der Waals surface area contributed by atoms with Crippen molar-refractivity contribution < 1.29 is 9.18 Å². The molecule has 0 aliphatic heterocycles. The van der Waals surface area contributed by atoms with Crippen LogP contribution in [0.4, 0.5) is 10.1 Å². The number of halogens is 1. The number of nitrogens with zero attached hydrogens (tertiary/aromatic N) is 2. The fraction of sp³-hybridized carbons (Fsp3) is 0.167. The molecule has 4 nitrogen and oxygen atoms in total. The van der Waals surface area contributed by atoms with E-state index in [-0.39, 0.29) is 11.7 Å². The van der Waals surface area contributed by atoms with E-state index in [0.29, 0.717) is 16.8 Å². The van der Waals surface area contributed by atoms with Crippen molar-refractivity contribution in [3.63, 3.8) is 0 Å². The Morgan fingerprint density at radius 1 is 1.47 bits per heavy atom. The molecule has 0 bridgehead atoms. The Morgan fingerprint density at radius 3 is 2.82 bits per heavy atom. The van der Waals surface area contributed by atoms with Crippen molar-refractivity contribution in [3.05, 3.63) is 47.5 Å². The summed E-state index contributed by atoms with van der Waals surface area (Å²) in [7, 11) is 1.76. The molecule has 1 N–H and O–H groups in total. The summed E-state index contributed by atoms with van der Waals surface area (Å²) >= 11 is 0. The predicted molar refractivity (Wildman–Crippen MR) is 62.3 cm³/mol. The lowest BCUT2D eigenvalue weighted by Crippen LogP contribution is -2.13. The Morgan fingerprint density at radius 2 is 2.24 bits per heavy atom. The lowest BCUT2D eigenvalue weighted by Gasteiger charge is -2.05. The van der Waals surface area contributed by atoms with Gasteiger partial charge in [0.25, 0.3) is 5.91 Å². The predicted octanol–water partition coefficient (Wildman–Crippen LogP) is 2.12. The van der Waals surface area contributed by atoms with Gasteiger partial charge in [0.1, 0.15) is 5.82 Å². The molecule has 0 radical (unpaired) electrons. The Labute approximate surface area is 98.1 Å². The first-order valence-corrected chi connectivity index (χ1v) is 5.12. The molecular formula is C12H12FN3O. The second-order valence-corrected chi connectivity index (χ2v) is 3.82. The first-order chi connectivity index (χ1) is 8.06. The van der Waals surface area contributed by atoms with Crippen molar-refractivity contribution in [3.8, 4) is 0 Å². The molecule has 17 heavy (non-hydrogen) atoms. The Bertz CT molecular complexity index is 563. The molecule has 0 saturated carbocycles. The van der Waals surface area contributed by atoms with Gasteiger partial charge in [-0.3, -0.25) is 9.48 Å². The summed E-state index contributed by atoms with van der Waals surface area (Å²) in [6, 6.07) is 4.07. The highest BCUT2D eigenvalue weighted by Crippen LogP contribution is 2.13. The van der Waals surface area contributed by atoms with Crippen molar-refractivity contribution in [2.24, 2.45) is 7.05 Å². The van der Waals surface area contributed by atoms with Gasteiger partial charge >= 0.3 is 0 Å². The highest BCUT2D eigenvalue weighted by atomic mass is 19.1. The second-order valence-electron chi connectivity index (χ2n) is 3.82. The molecule has 88 valence electrons. The SMILES string of the molecule is Cc1cc(F)ccc1C(=O)Nc1cnn(C)c1. The van der Waals surface area contributed by atoms with E-state index in [2.05, 4.69) is 10.4 Å². The molecule has 0 saturated heterocycles. The van der Waals surface area contributed by atoms with Gasteiger partial charge in [0.15, 0.2) is 0 Å². The fourth-order valence-electron chi connectivity index (χ4n) is 1.57. The van der Waals surface area contributed by atoms with E-state index in [4.69, 9.17) is 0 Å². The molecule has 0 aliphatic rings. The van der Waals surface area contributed by atoms with Gasteiger partial charge in [-0.05, 0) is 30.7 Å². The molecule has 0 aliphatic carbocycles. The maximum absolute atomic E-state index is 12.9. The molecule has 0 spiro atoms. The summed E-state index contributed by atoms with van der Waals surface area (Å²) in [6.45, 7) is 1.70. The molecule has 0 atom stereocenters. The van der Waals surface area contributed by atoms with Gasteiger partial charge in [-0.1, -0.05) is 0 Å². The average molecular weight is 233 g/mol. The van der Waals surface area contributed by atoms with Gasteiger partial charge in [-0.15, -0.1) is 0 Å². The number of amides is 1. The zero-order valence-electron chi connectivity index (χ0n) is 9.57. The van der Waals surface area contributed by atoms with Gasteiger partial charge in [0.05, 0.1) is 11.9 Å². The summed E-state index contributed by atoms with van der Waals surface area (Å²) in [4.78, 5) is 11.9. The van der Waals surface area contributed by atoms with Crippen LogP contribution in [0.3, 0.4) is 0 Å². The number of aryl methyl sites for hydroxylation is 2. The van der Waals surface area contributed by atoms with Crippen molar-refractivity contribution in [1.29, 1.82) is 0 Å². The van der Waals surface area contributed by atoms with Crippen LogP contribution >= 0.6 is 0 Å². The average Bonchev–Trinajstić information content (AvgIpc) is 2.63.